The quantitative estimate of drug-likeness (QED) is 0.658. The molecule has 3 rings (SSSR count). The molecule has 3 aromatic rings. The predicted octanol–water partition coefficient (Wildman–Crippen LogP) is 4.20. The van der Waals surface area contributed by atoms with Gasteiger partial charge in [0.15, 0.2) is 0 Å². The van der Waals surface area contributed by atoms with Gasteiger partial charge in [-0.15, -0.1) is 0 Å². The van der Waals surface area contributed by atoms with Crippen LogP contribution in [0.25, 0.3) is 0 Å². The average Bonchev–Trinajstić information content (AvgIpc) is 2.69. The largest absolute Gasteiger partial charge is 0.486 e. The van der Waals surface area contributed by atoms with Gasteiger partial charge in [0, 0.05) is 23.4 Å². The summed E-state index contributed by atoms with van der Waals surface area (Å²) in [7, 11) is 0. The van der Waals surface area contributed by atoms with Gasteiger partial charge in [-0.3, -0.25) is 9.59 Å². The monoisotopic (exact) mass is 394 g/mol. The first-order valence-electron chi connectivity index (χ1n) is 9.33. The number of nitrogens with one attached hydrogen (secondary N) is 2. The van der Waals surface area contributed by atoms with Crippen molar-refractivity contribution < 1.29 is 13.9 Å². The molecule has 0 aliphatic carbocycles. The molecular weight excluding hydrogens is 371 g/mol. The molecule has 1 amide bonds. The zero-order valence-corrected chi connectivity index (χ0v) is 16.6. The number of hydrogen-bond acceptors (Lipinski definition) is 3. The second-order valence-corrected chi connectivity index (χ2v) is 6.96. The van der Waals surface area contributed by atoms with E-state index in [1.54, 1.807) is 24.3 Å². The third-order valence-electron chi connectivity index (χ3n) is 4.69. The third-order valence-corrected chi connectivity index (χ3v) is 4.69. The Bertz CT molecular complexity index is 1060. The molecule has 0 saturated heterocycles. The number of aromatic nitrogens is 1. The van der Waals surface area contributed by atoms with Crippen LogP contribution < -0.4 is 15.6 Å². The number of benzene rings is 2. The fourth-order valence-electron chi connectivity index (χ4n) is 3.06. The van der Waals surface area contributed by atoms with E-state index in [1.807, 2.05) is 39.0 Å². The fourth-order valence-corrected chi connectivity index (χ4v) is 3.06. The molecule has 0 aliphatic rings. The fraction of sp³-hybridized carbons (Fsp3) is 0.217. The van der Waals surface area contributed by atoms with Crippen LogP contribution >= 0.6 is 0 Å². The van der Waals surface area contributed by atoms with E-state index in [1.165, 1.54) is 12.1 Å². The highest BCUT2D eigenvalue weighted by atomic mass is 19.1. The van der Waals surface area contributed by atoms with Gasteiger partial charge >= 0.3 is 0 Å². The molecule has 150 valence electrons. The van der Waals surface area contributed by atoms with Crippen LogP contribution in [0.4, 0.5) is 4.39 Å². The summed E-state index contributed by atoms with van der Waals surface area (Å²) in [5, 5.41) is 2.78. The Labute approximate surface area is 168 Å². The van der Waals surface area contributed by atoms with Crippen molar-refractivity contribution in [1.82, 2.24) is 10.3 Å². The van der Waals surface area contributed by atoms with E-state index >= 15 is 0 Å². The highest BCUT2D eigenvalue weighted by molar-refractivity contribution is 5.94. The smallest absolute Gasteiger partial charge is 0.253 e. The Hall–Kier alpha value is -3.41. The van der Waals surface area contributed by atoms with Crippen LogP contribution in [0.15, 0.2) is 59.4 Å². The lowest BCUT2D eigenvalue weighted by Gasteiger charge is -2.15. The van der Waals surface area contributed by atoms with E-state index in [0.29, 0.717) is 16.9 Å². The topological polar surface area (TPSA) is 71.2 Å². The summed E-state index contributed by atoms with van der Waals surface area (Å²) < 4.78 is 18.8. The van der Waals surface area contributed by atoms with E-state index in [-0.39, 0.29) is 29.9 Å². The minimum absolute atomic E-state index is 0.159. The summed E-state index contributed by atoms with van der Waals surface area (Å²) in [5.74, 6) is -0.00868. The second kappa shape index (κ2) is 8.73. The highest BCUT2D eigenvalue weighted by Crippen LogP contribution is 2.22. The summed E-state index contributed by atoms with van der Waals surface area (Å²) in [4.78, 5) is 27.2. The van der Waals surface area contributed by atoms with Crippen LogP contribution in [-0.2, 0) is 6.54 Å². The van der Waals surface area contributed by atoms with Gasteiger partial charge < -0.3 is 15.0 Å². The van der Waals surface area contributed by atoms with E-state index in [0.717, 1.165) is 16.8 Å². The summed E-state index contributed by atoms with van der Waals surface area (Å²) in [6, 6.07) is 14.8. The molecule has 0 bridgehead atoms. The number of aromatic amines is 1. The van der Waals surface area contributed by atoms with Crippen LogP contribution in [0.2, 0.25) is 0 Å². The minimum Gasteiger partial charge on any atom is -0.486 e. The van der Waals surface area contributed by atoms with E-state index in [4.69, 9.17) is 4.74 Å². The molecule has 0 fully saturated rings. The first-order chi connectivity index (χ1) is 13.8. The standard InChI is InChI=1S/C23H23FN2O3/c1-14-12-15(2)26-23(28)21(14)13-25-22(27)18-6-4-17(5-7-18)16(3)29-20-10-8-19(24)9-11-20/h4-12,16H,13H2,1-3H3,(H,25,27)(H,26,28)/t16-/m1/s1. The molecule has 2 N–H and O–H groups in total. The lowest BCUT2D eigenvalue weighted by Crippen LogP contribution is -2.27. The number of carbonyl (C=O) groups is 1. The Kier molecular flexibility index (Phi) is 6.12. The Morgan fingerprint density at radius 3 is 2.38 bits per heavy atom. The molecule has 0 saturated carbocycles. The highest BCUT2D eigenvalue weighted by Gasteiger charge is 2.12. The van der Waals surface area contributed by atoms with Crippen molar-refractivity contribution in [2.24, 2.45) is 0 Å². The number of rotatable bonds is 6. The molecule has 29 heavy (non-hydrogen) atoms. The number of ether oxygens (including phenoxy) is 1. The maximum absolute atomic E-state index is 13.0. The second-order valence-electron chi connectivity index (χ2n) is 6.96. The van der Waals surface area contributed by atoms with Gasteiger partial charge in [-0.2, -0.15) is 0 Å². The molecule has 0 radical (unpaired) electrons. The van der Waals surface area contributed by atoms with Crippen molar-refractivity contribution in [2.75, 3.05) is 0 Å². The minimum atomic E-state index is -0.316. The van der Waals surface area contributed by atoms with Crippen LogP contribution in [0.1, 0.15) is 45.8 Å². The first kappa shape index (κ1) is 20.3. The van der Waals surface area contributed by atoms with Gasteiger partial charge in [0.1, 0.15) is 17.7 Å². The van der Waals surface area contributed by atoms with Crippen molar-refractivity contribution >= 4 is 5.91 Å². The maximum atomic E-state index is 13.0. The number of carbonyl (C=O) groups excluding carboxylic acids is 1. The van der Waals surface area contributed by atoms with Crippen LogP contribution in [0.5, 0.6) is 5.75 Å². The molecule has 6 heteroatoms. The Morgan fingerprint density at radius 2 is 1.76 bits per heavy atom. The van der Waals surface area contributed by atoms with Gasteiger partial charge in [-0.1, -0.05) is 12.1 Å². The van der Waals surface area contributed by atoms with Gasteiger partial charge in [0.25, 0.3) is 11.5 Å². The zero-order chi connectivity index (χ0) is 21.0. The third kappa shape index (κ3) is 5.10. The molecule has 0 spiro atoms. The lowest BCUT2D eigenvalue weighted by atomic mass is 10.1. The summed E-state index contributed by atoms with van der Waals surface area (Å²) in [6.07, 6.45) is -0.258. The van der Waals surface area contributed by atoms with Gasteiger partial charge in [0.05, 0.1) is 0 Å². The summed E-state index contributed by atoms with van der Waals surface area (Å²) >= 11 is 0. The number of H-pyrrole nitrogens is 1. The van der Waals surface area contributed by atoms with Crippen molar-refractivity contribution in [1.29, 1.82) is 0 Å². The number of amides is 1. The SMILES string of the molecule is Cc1cc(C)c(CNC(=O)c2ccc([C@@H](C)Oc3ccc(F)cc3)cc2)c(=O)[nH]1. The molecule has 1 aromatic heterocycles. The molecular formula is C23H23FN2O3. The molecule has 2 aromatic carbocycles. The van der Waals surface area contributed by atoms with Gasteiger partial charge in [-0.25, -0.2) is 4.39 Å². The van der Waals surface area contributed by atoms with Gasteiger partial charge in [-0.05, 0) is 74.4 Å². The lowest BCUT2D eigenvalue weighted by molar-refractivity contribution is 0.0950. The molecule has 0 aliphatic heterocycles. The summed E-state index contributed by atoms with van der Waals surface area (Å²) in [5.41, 5.74) is 3.36. The molecule has 1 heterocycles. The van der Waals surface area contributed by atoms with Crippen LogP contribution in [0, 0.1) is 19.7 Å². The van der Waals surface area contributed by atoms with Crippen molar-refractivity contribution in [2.45, 2.75) is 33.4 Å². The Morgan fingerprint density at radius 1 is 1.10 bits per heavy atom. The number of pyridine rings is 1. The number of halogens is 1. The average molecular weight is 394 g/mol. The zero-order valence-electron chi connectivity index (χ0n) is 16.6. The van der Waals surface area contributed by atoms with E-state index in [9.17, 15) is 14.0 Å². The number of hydrogen-bond donors (Lipinski definition) is 2. The van der Waals surface area contributed by atoms with Gasteiger partial charge in [0.2, 0.25) is 0 Å². The van der Waals surface area contributed by atoms with Crippen LogP contribution in [0.3, 0.4) is 0 Å². The first-order valence-corrected chi connectivity index (χ1v) is 9.33. The van der Waals surface area contributed by atoms with Crippen molar-refractivity contribution in [3.05, 3.63) is 98.7 Å². The van der Waals surface area contributed by atoms with Crippen LogP contribution in [-0.4, -0.2) is 10.9 Å². The predicted molar refractivity (Wildman–Crippen MR) is 110 cm³/mol. The molecule has 1 atom stereocenters. The van der Waals surface area contributed by atoms with E-state index in [2.05, 4.69) is 10.3 Å². The molecule has 5 nitrogen and oxygen atoms in total. The molecule has 0 unspecified atom stereocenters. The number of aryl methyl sites for hydroxylation is 2. The van der Waals surface area contributed by atoms with Crippen molar-refractivity contribution in [3.8, 4) is 5.75 Å². The Balaban J connectivity index is 1.62. The normalized spacial score (nSPS) is 11.7. The van der Waals surface area contributed by atoms with Crippen molar-refractivity contribution in [3.63, 3.8) is 0 Å². The van der Waals surface area contributed by atoms with E-state index < -0.39 is 0 Å². The maximum Gasteiger partial charge on any atom is 0.253 e. The summed E-state index contributed by atoms with van der Waals surface area (Å²) in [6.45, 7) is 5.71.